The average Bonchev–Trinajstić information content (AvgIpc) is 3.03. The minimum atomic E-state index is -4.01. The zero-order valence-corrected chi connectivity index (χ0v) is 24.9. The highest BCUT2D eigenvalue weighted by atomic mass is 32.2. The van der Waals surface area contributed by atoms with E-state index in [1.807, 2.05) is 31.2 Å². The Bertz CT molecular complexity index is 1730. The summed E-state index contributed by atoms with van der Waals surface area (Å²) in [4.78, 5) is 40.1. The lowest BCUT2D eigenvalue weighted by Crippen LogP contribution is -2.60. The van der Waals surface area contributed by atoms with Gasteiger partial charge in [0.15, 0.2) is 0 Å². The number of aromatic carboxylic acids is 1. The van der Waals surface area contributed by atoms with Gasteiger partial charge in [0.1, 0.15) is 28.5 Å². The Morgan fingerprint density at radius 1 is 0.953 bits per heavy atom. The molecule has 224 valence electrons. The number of carbonyl (C=O) groups excluding carboxylic acids is 1. The van der Waals surface area contributed by atoms with Crippen molar-refractivity contribution < 1.29 is 23.1 Å². The second-order valence-electron chi connectivity index (χ2n) is 10.4. The molecule has 0 spiro atoms. The van der Waals surface area contributed by atoms with Crippen molar-refractivity contribution in [3.8, 4) is 0 Å². The van der Waals surface area contributed by atoms with E-state index >= 15 is 0 Å². The number of carboxylic acids is 1. The van der Waals surface area contributed by atoms with E-state index in [4.69, 9.17) is 0 Å². The van der Waals surface area contributed by atoms with Crippen molar-refractivity contribution >= 4 is 38.8 Å². The number of sulfonamides is 1. The second kappa shape index (κ2) is 12.8. The Balaban J connectivity index is 1.44. The summed E-state index contributed by atoms with van der Waals surface area (Å²) in [7, 11) is -4.01. The standard InChI is InChI=1S/C31H34N6O5S/c1-3-5-22-6-8-23(9-7-22)16-34-30(38)27-20-36(28-19-33-26-18-32-17-25(31(39)40)29(26)35-28)14-15-37(27)43(41,42)24-12-10-21(4-2)11-13-24/h6-13,17-19,27H,3-5,14-16,20H2,1-2H3,(H,34,38)(H,39,40)/t27-/m1/s1. The molecule has 2 aromatic carbocycles. The molecule has 1 fully saturated rings. The number of nitrogens with one attached hydrogen (secondary N) is 1. The number of aryl methyl sites for hydroxylation is 2. The first-order valence-corrected chi connectivity index (χ1v) is 15.7. The summed E-state index contributed by atoms with van der Waals surface area (Å²) < 4.78 is 28.9. The van der Waals surface area contributed by atoms with Gasteiger partial charge >= 0.3 is 5.97 Å². The largest absolute Gasteiger partial charge is 0.478 e. The van der Waals surface area contributed by atoms with Gasteiger partial charge in [0.05, 0.1) is 17.3 Å². The molecule has 4 aromatic rings. The van der Waals surface area contributed by atoms with Crippen LogP contribution in [0.25, 0.3) is 11.0 Å². The van der Waals surface area contributed by atoms with Gasteiger partial charge in [-0.25, -0.2) is 23.2 Å². The number of fused-ring (bicyclic) bond motifs is 1. The van der Waals surface area contributed by atoms with E-state index in [1.54, 1.807) is 29.2 Å². The summed E-state index contributed by atoms with van der Waals surface area (Å²) in [5, 5.41) is 12.5. The van der Waals surface area contributed by atoms with Crippen molar-refractivity contribution in [2.45, 2.75) is 50.6 Å². The molecule has 1 aliphatic rings. The first-order chi connectivity index (χ1) is 20.7. The van der Waals surface area contributed by atoms with Crippen LogP contribution in [-0.2, 0) is 34.2 Å². The molecule has 0 aliphatic carbocycles. The van der Waals surface area contributed by atoms with Gasteiger partial charge in [-0.15, -0.1) is 0 Å². The Morgan fingerprint density at radius 2 is 1.65 bits per heavy atom. The van der Waals surface area contributed by atoms with E-state index in [0.29, 0.717) is 11.3 Å². The molecule has 2 aromatic heterocycles. The summed E-state index contributed by atoms with van der Waals surface area (Å²) in [6.07, 6.45) is 6.90. The summed E-state index contributed by atoms with van der Waals surface area (Å²) >= 11 is 0. The summed E-state index contributed by atoms with van der Waals surface area (Å²) in [5.41, 5.74) is 3.51. The highest BCUT2D eigenvalue weighted by molar-refractivity contribution is 7.89. The molecule has 5 rings (SSSR count). The van der Waals surface area contributed by atoms with E-state index in [1.165, 1.54) is 28.5 Å². The number of amides is 1. The molecule has 12 heteroatoms. The van der Waals surface area contributed by atoms with Crippen molar-refractivity contribution in [3.63, 3.8) is 0 Å². The van der Waals surface area contributed by atoms with Crippen LogP contribution < -0.4 is 10.2 Å². The zero-order valence-electron chi connectivity index (χ0n) is 24.1. The third kappa shape index (κ3) is 6.50. The van der Waals surface area contributed by atoms with Crippen molar-refractivity contribution in [2.24, 2.45) is 0 Å². The summed E-state index contributed by atoms with van der Waals surface area (Å²) in [5.74, 6) is -1.29. The van der Waals surface area contributed by atoms with E-state index < -0.39 is 27.9 Å². The normalized spacial score (nSPS) is 15.9. The van der Waals surface area contributed by atoms with Crippen LogP contribution in [0, 0.1) is 0 Å². The maximum atomic E-state index is 13.8. The topological polar surface area (TPSA) is 146 Å². The monoisotopic (exact) mass is 602 g/mol. The van der Waals surface area contributed by atoms with Crippen LogP contribution in [0.2, 0.25) is 0 Å². The minimum Gasteiger partial charge on any atom is -0.478 e. The third-order valence-electron chi connectivity index (χ3n) is 7.60. The second-order valence-corrected chi connectivity index (χ2v) is 12.3. The fourth-order valence-electron chi connectivity index (χ4n) is 5.16. The van der Waals surface area contributed by atoms with Crippen LogP contribution in [0.3, 0.4) is 0 Å². The lowest BCUT2D eigenvalue weighted by atomic mass is 10.1. The van der Waals surface area contributed by atoms with E-state index in [9.17, 15) is 23.1 Å². The van der Waals surface area contributed by atoms with Gasteiger partial charge in [-0.3, -0.25) is 9.78 Å². The summed E-state index contributed by atoms with van der Waals surface area (Å²) in [6.45, 7) is 4.59. The molecule has 1 amide bonds. The fourth-order valence-corrected chi connectivity index (χ4v) is 6.73. The first-order valence-electron chi connectivity index (χ1n) is 14.3. The number of benzene rings is 2. The quantitative estimate of drug-likeness (QED) is 0.279. The highest BCUT2D eigenvalue weighted by Crippen LogP contribution is 2.26. The molecule has 0 unspecified atom stereocenters. The van der Waals surface area contributed by atoms with Gasteiger partial charge in [0, 0.05) is 32.4 Å². The van der Waals surface area contributed by atoms with Crippen LogP contribution in [-0.4, -0.2) is 70.3 Å². The summed E-state index contributed by atoms with van der Waals surface area (Å²) in [6, 6.07) is 13.6. The highest BCUT2D eigenvalue weighted by Gasteiger charge is 2.40. The van der Waals surface area contributed by atoms with E-state index in [-0.39, 0.29) is 42.2 Å². The van der Waals surface area contributed by atoms with Gasteiger partial charge < -0.3 is 15.3 Å². The number of hydrogen-bond donors (Lipinski definition) is 2. The van der Waals surface area contributed by atoms with Gasteiger partial charge in [-0.1, -0.05) is 56.7 Å². The molecule has 0 radical (unpaired) electrons. The predicted molar refractivity (Wildman–Crippen MR) is 162 cm³/mol. The number of pyridine rings is 1. The van der Waals surface area contributed by atoms with Crippen molar-refractivity contribution in [3.05, 3.63) is 89.4 Å². The van der Waals surface area contributed by atoms with Crippen LogP contribution >= 0.6 is 0 Å². The van der Waals surface area contributed by atoms with Crippen molar-refractivity contribution in [2.75, 3.05) is 24.5 Å². The van der Waals surface area contributed by atoms with E-state index in [0.717, 1.165) is 30.4 Å². The number of anilines is 1. The molecule has 3 heterocycles. The molecule has 11 nitrogen and oxygen atoms in total. The number of rotatable bonds is 10. The van der Waals surface area contributed by atoms with E-state index in [2.05, 4.69) is 27.2 Å². The first kappa shape index (κ1) is 30.1. The number of aromatic nitrogens is 3. The SMILES string of the molecule is CCCc1ccc(CNC(=O)[C@H]2CN(c3cnc4cncc(C(=O)O)c4n3)CCN2S(=O)(=O)c2ccc(CC)cc2)cc1. The number of piperazine rings is 1. The van der Waals surface area contributed by atoms with Gasteiger partial charge in [0.2, 0.25) is 15.9 Å². The fraction of sp³-hybridized carbons (Fsp3) is 0.323. The maximum Gasteiger partial charge on any atom is 0.339 e. The van der Waals surface area contributed by atoms with Crippen molar-refractivity contribution in [1.82, 2.24) is 24.6 Å². The minimum absolute atomic E-state index is 0.00121. The molecule has 1 aliphatic heterocycles. The molecular weight excluding hydrogens is 568 g/mol. The third-order valence-corrected chi connectivity index (χ3v) is 9.52. The Morgan fingerprint density at radius 3 is 2.33 bits per heavy atom. The van der Waals surface area contributed by atoms with Crippen LogP contribution in [0.5, 0.6) is 0 Å². The molecule has 1 atom stereocenters. The lowest BCUT2D eigenvalue weighted by Gasteiger charge is -2.40. The molecular formula is C31H34N6O5S. The number of hydrogen-bond acceptors (Lipinski definition) is 8. The number of carbonyl (C=O) groups is 2. The average molecular weight is 603 g/mol. The maximum absolute atomic E-state index is 13.8. The smallest absolute Gasteiger partial charge is 0.339 e. The molecule has 0 saturated carbocycles. The predicted octanol–water partition coefficient (Wildman–Crippen LogP) is 3.43. The Hall–Kier alpha value is -4.42. The Kier molecular flexibility index (Phi) is 8.97. The van der Waals surface area contributed by atoms with Crippen LogP contribution in [0.15, 0.2) is 72.0 Å². The van der Waals surface area contributed by atoms with Gasteiger partial charge in [-0.05, 0) is 41.7 Å². The van der Waals surface area contributed by atoms with Gasteiger partial charge in [-0.2, -0.15) is 4.31 Å². The van der Waals surface area contributed by atoms with Crippen LogP contribution in [0.4, 0.5) is 5.82 Å². The number of carboxylic acid groups (broad SMARTS) is 1. The van der Waals surface area contributed by atoms with Crippen molar-refractivity contribution in [1.29, 1.82) is 0 Å². The number of nitrogens with zero attached hydrogens (tertiary/aromatic N) is 5. The molecule has 1 saturated heterocycles. The lowest BCUT2D eigenvalue weighted by molar-refractivity contribution is -0.125. The Labute approximate surface area is 250 Å². The molecule has 0 bridgehead atoms. The van der Waals surface area contributed by atoms with Gasteiger partial charge in [0.25, 0.3) is 0 Å². The zero-order chi connectivity index (χ0) is 30.6. The van der Waals surface area contributed by atoms with Crippen LogP contribution in [0.1, 0.15) is 47.3 Å². The molecule has 2 N–H and O–H groups in total. The molecule has 43 heavy (non-hydrogen) atoms.